The van der Waals surface area contributed by atoms with Crippen LogP contribution in [0.1, 0.15) is 38.3 Å². The molecule has 0 bridgehead atoms. The van der Waals surface area contributed by atoms with Gasteiger partial charge in [0.2, 0.25) is 0 Å². The van der Waals surface area contributed by atoms with Crippen LogP contribution in [0.25, 0.3) is 0 Å². The van der Waals surface area contributed by atoms with E-state index in [0.717, 1.165) is 22.9 Å². The second kappa shape index (κ2) is 6.33. The molecule has 0 saturated heterocycles. The molecule has 0 aromatic heterocycles. The molecule has 3 N–H and O–H groups in total. The first-order valence-corrected chi connectivity index (χ1v) is 6.30. The lowest BCUT2D eigenvalue weighted by Gasteiger charge is -2.24. The van der Waals surface area contributed by atoms with E-state index in [0.29, 0.717) is 5.92 Å². The Balaban J connectivity index is 2.94. The molecule has 1 aromatic carbocycles. The maximum Gasteiger partial charge on any atom is 0.124 e. The van der Waals surface area contributed by atoms with Gasteiger partial charge in [0.25, 0.3) is 0 Å². The van der Waals surface area contributed by atoms with E-state index in [1.165, 1.54) is 12.1 Å². The second-order valence-corrected chi connectivity index (χ2v) is 4.93. The van der Waals surface area contributed by atoms with Crippen LogP contribution in [0.4, 0.5) is 4.39 Å². The zero-order valence-corrected chi connectivity index (χ0v) is 11.2. The summed E-state index contributed by atoms with van der Waals surface area (Å²) in [7, 11) is 0. The summed E-state index contributed by atoms with van der Waals surface area (Å²) in [6.45, 7) is 4.29. The van der Waals surface area contributed by atoms with Gasteiger partial charge in [0.1, 0.15) is 5.82 Å². The molecule has 0 saturated carbocycles. The molecule has 0 amide bonds. The first-order chi connectivity index (χ1) is 7.60. The average Bonchev–Trinajstić information content (AvgIpc) is 2.22. The van der Waals surface area contributed by atoms with Gasteiger partial charge in [-0.1, -0.05) is 42.3 Å². The molecule has 0 radical (unpaired) electrons. The molecule has 2 nitrogen and oxygen atoms in total. The Labute approximate surface area is 105 Å². The highest BCUT2D eigenvalue weighted by Gasteiger charge is 2.19. The van der Waals surface area contributed by atoms with Crippen molar-refractivity contribution >= 4 is 15.9 Å². The molecule has 1 aromatic rings. The van der Waals surface area contributed by atoms with Gasteiger partial charge in [0, 0.05) is 10.5 Å². The van der Waals surface area contributed by atoms with Gasteiger partial charge in [-0.15, -0.1) is 0 Å². The largest absolute Gasteiger partial charge is 0.271 e. The fourth-order valence-electron chi connectivity index (χ4n) is 1.94. The second-order valence-electron chi connectivity index (χ2n) is 4.08. The highest BCUT2D eigenvalue weighted by Crippen LogP contribution is 2.30. The third kappa shape index (κ3) is 3.27. The van der Waals surface area contributed by atoms with Gasteiger partial charge in [0.05, 0.1) is 0 Å². The molecule has 2 unspecified atom stereocenters. The predicted molar refractivity (Wildman–Crippen MR) is 68.2 cm³/mol. The zero-order valence-electron chi connectivity index (χ0n) is 9.63. The van der Waals surface area contributed by atoms with Gasteiger partial charge in [-0.3, -0.25) is 11.3 Å². The molecule has 90 valence electrons. The molecule has 0 fully saturated rings. The van der Waals surface area contributed by atoms with Crippen molar-refractivity contribution in [1.82, 2.24) is 5.43 Å². The standard InChI is InChI=1S/C12H18BrFN2/c1-3-4-8(2)12(16-15)10-6-5-9(14)7-11(10)13/h5-8,12,16H,3-4,15H2,1-2H3. The van der Waals surface area contributed by atoms with E-state index in [2.05, 4.69) is 35.2 Å². The van der Waals surface area contributed by atoms with Gasteiger partial charge < -0.3 is 0 Å². The molecule has 2 atom stereocenters. The Bertz CT molecular complexity index is 344. The summed E-state index contributed by atoms with van der Waals surface area (Å²) in [6.07, 6.45) is 2.19. The number of benzene rings is 1. The molecule has 0 aliphatic heterocycles. The highest BCUT2D eigenvalue weighted by atomic mass is 79.9. The minimum Gasteiger partial charge on any atom is -0.271 e. The van der Waals surface area contributed by atoms with Crippen LogP contribution >= 0.6 is 15.9 Å². The quantitative estimate of drug-likeness (QED) is 0.643. The number of hydrogen-bond donors (Lipinski definition) is 2. The number of nitrogens with two attached hydrogens (primary N) is 1. The summed E-state index contributed by atoms with van der Waals surface area (Å²) in [5.41, 5.74) is 3.82. The molecule has 1 rings (SSSR count). The minimum atomic E-state index is -0.241. The maximum absolute atomic E-state index is 13.0. The number of halogens is 2. The smallest absolute Gasteiger partial charge is 0.124 e. The van der Waals surface area contributed by atoms with E-state index in [1.54, 1.807) is 6.07 Å². The van der Waals surface area contributed by atoms with Crippen LogP contribution in [0, 0.1) is 11.7 Å². The van der Waals surface area contributed by atoms with E-state index in [1.807, 2.05) is 0 Å². The van der Waals surface area contributed by atoms with Crippen molar-refractivity contribution in [1.29, 1.82) is 0 Å². The molecule has 4 heteroatoms. The lowest BCUT2D eigenvalue weighted by molar-refractivity contribution is 0.367. The van der Waals surface area contributed by atoms with Crippen molar-refractivity contribution in [2.24, 2.45) is 11.8 Å². The molecule has 0 heterocycles. The van der Waals surface area contributed by atoms with Crippen molar-refractivity contribution in [3.63, 3.8) is 0 Å². The molecular weight excluding hydrogens is 271 g/mol. The Morgan fingerprint density at radius 3 is 2.69 bits per heavy atom. The van der Waals surface area contributed by atoms with E-state index < -0.39 is 0 Å². The topological polar surface area (TPSA) is 38.0 Å². The predicted octanol–water partition coefficient (Wildman–Crippen LogP) is 3.53. The van der Waals surface area contributed by atoms with Crippen LogP contribution in [0.2, 0.25) is 0 Å². The fourth-order valence-corrected chi connectivity index (χ4v) is 2.53. The van der Waals surface area contributed by atoms with Crippen LogP contribution in [0.3, 0.4) is 0 Å². The Morgan fingerprint density at radius 2 is 2.19 bits per heavy atom. The van der Waals surface area contributed by atoms with Crippen molar-refractivity contribution in [3.05, 3.63) is 34.1 Å². The highest BCUT2D eigenvalue weighted by molar-refractivity contribution is 9.10. The van der Waals surface area contributed by atoms with Crippen molar-refractivity contribution in [3.8, 4) is 0 Å². The SMILES string of the molecule is CCCC(C)C(NN)c1ccc(F)cc1Br. The number of hydrogen-bond acceptors (Lipinski definition) is 2. The van der Waals surface area contributed by atoms with Crippen LogP contribution in [-0.2, 0) is 0 Å². The summed E-state index contributed by atoms with van der Waals surface area (Å²) >= 11 is 3.37. The lowest BCUT2D eigenvalue weighted by atomic mass is 9.91. The van der Waals surface area contributed by atoms with Crippen LogP contribution in [-0.4, -0.2) is 0 Å². The fraction of sp³-hybridized carbons (Fsp3) is 0.500. The Morgan fingerprint density at radius 1 is 1.50 bits per heavy atom. The third-order valence-corrected chi connectivity index (χ3v) is 3.48. The monoisotopic (exact) mass is 288 g/mol. The lowest BCUT2D eigenvalue weighted by Crippen LogP contribution is -2.32. The van der Waals surface area contributed by atoms with Gasteiger partial charge in [0.15, 0.2) is 0 Å². The van der Waals surface area contributed by atoms with Crippen LogP contribution in [0.15, 0.2) is 22.7 Å². The normalized spacial score (nSPS) is 14.8. The summed E-state index contributed by atoms with van der Waals surface area (Å²) < 4.78 is 13.7. The number of hydrazine groups is 1. The molecule has 0 spiro atoms. The van der Waals surface area contributed by atoms with Crippen molar-refractivity contribution in [2.45, 2.75) is 32.7 Å². The maximum atomic E-state index is 13.0. The molecule has 0 aliphatic carbocycles. The van der Waals surface area contributed by atoms with E-state index in [4.69, 9.17) is 5.84 Å². The van der Waals surface area contributed by atoms with Crippen LogP contribution in [0.5, 0.6) is 0 Å². The molecule has 16 heavy (non-hydrogen) atoms. The zero-order chi connectivity index (χ0) is 12.1. The van der Waals surface area contributed by atoms with Crippen molar-refractivity contribution < 1.29 is 4.39 Å². The third-order valence-electron chi connectivity index (χ3n) is 2.79. The summed E-state index contributed by atoms with van der Waals surface area (Å²) in [6, 6.07) is 4.76. The number of nitrogens with one attached hydrogen (secondary N) is 1. The van der Waals surface area contributed by atoms with Gasteiger partial charge in [-0.25, -0.2) is 4.39 Å². The first-order valence-electron chi connectivity index (χ1n) is 5.51. The summed E-state index contributed by atoms with van der Waals surface area (Å²) in [4.78, 5) is 0. The Hall–Kier alpha value is -0.450. The minimum absolute atomic E-state index is 0.0509. The van der Waals surface area contributed by atoms with Gasteiger partial charge >= 0.3 is 0 Å². The van der Waals surface area contributed by atoms with Gasteiger partial charge in [-0.2, -0.15) is 0 Å². The summed E-state index contributed by atoms with van der Waals surface area (Å²) in [5.74, 6) is 5.75. The van der Waals surface area contributed by atoms with Gasteiger partial charge in [-0.05, 0) is 30.0 Å². The van der Waals surface area contributed by atoms with Crippen LogP contribution < -0.4 is 11.3 Å². The van der Waals surface area contributed by atoms with E-state index in [-0.39, 0.29) is 11.9 Å². The average molecular weight is 289 g/mol. The van der Waals surface area contributed by atoms with E-state index >= 15 is 0 Å². The Kier molecular flexibility index (Phi) is 5.38. The molecular formula is C12H18BrFN2. The molecule has 0 aliphatic rings. The first kappa shape index (κ1) is 13.6. The summed E-state index contributed by atoms with van der Waals surface area (Å²) in [5, 5.41) is 0. The van der Waals surface area contributed by atoms with E-state index in [9.17, 15) is 4.39 Å². The van der Waals surface area contributed by atoms with Crippen molar-refractivity contribution in [2.75, 3.05) is 0 Å². The number of rotatable bonds is 5.